The Kier molecular flexibility index (Phi) is 2.65. The molecule has 0 aromatic rings. The van der Waals surface area contributed by atoms with E-state index >= 15 is 0 Å². The molecule has 3 atom stereocenters. The lowest BCUT2D eigenvalue weighted by molar-refractivity contribution is -0.200. The Labute approximate surface area is 119 Å². The van der Waals surface area contributed by atoms with Crippen LogP contribution in [0.25, 0.3) is 0 Å². The standard InChI is InChI=1S/C12H21F3N2O2/c1-9(12(13,14)15)19-10(18)16-5-7-17(8-6-16)11(2,3)4/h9H,5-8H2,1-4H3/i5D2,6D2,7D,8D. The number of hydrogen-bond donors (Lipinski definition) is 0. The average molecular weight is 288 g/mol. The van der Waals surface area contributed by atoms with E-state index in [2.05, 4.69) is 4.74 Å². The molecule has 112 valence electrons. The number of hydrogen-bond acceptors (Lipinski definition) is 3. The zero-order valence-electron chi connectivity index (χ0n) is 17.1. The van der Waals surface area contributed by atoms with Gasteiger partial charge in [-0.3, -0.25) is 4.90 Å². The third-order valence-corrected chi connectivity index (χ3v) is 2.35. The van der Waals surface area contributed by atoms with E-state index in [1.54, 1.807) is 0 Å². The Morgan fingerprint density at radius 2 is 1.74 bits per heavy atom. The summed E-state index contributed by atoms with van der Waals surface area (Å²) in [6.45, 7) is -4.77. The molecule has 0 saturated carbocycles. The molecule has 0 spiro atoms. The first-order chi connectivity index (χ1) is 10.9. The van der Waals surface area contributed by atoms with Crippen molar-refractivity contribution in [3.63, 3.8) is 0 Å². The molecule has 0 aromatic heterocycles. The molecule has 7 heteroatoms. The molecule has 1 aliphatic heterocycles. The van der Waals surface area contributed by atoms with Gasteiger partial charge in [-0.1, -0.05) is 0 Å². The van der Waals surface area contributed by atoms with E-state index in [0.29, 0.717) is 6.92 Å². The summed E-state index contributed by atoms with van der Waals surface area (Å²) in [5.41, 5.74) is -1.01. The van der Waals surface area contributed by atoms with Crippen LogP contribution in [0.4, 0.5) is 18.0 Å². The van der Waals surface area contributed by atoms with E-state index in [1.807, 2.05) is 0 Å². The van der Waals surface area contributed by atoms with Crippen LogP contribution in [0.1, 0.15) is 35.9 Å². The summed E-state index contributed by atoms with van der Waals surface area (Å²) in [4.78, 5) is 12.8. The van der Waals surface area contributed by atoms with Crippen LogP contribution >= 0.6 is 0 Å². The SMILES string of the molecule is [2H]C1N(C(C)(C)C)C([2H])C([2H])([2H])N(C(=O)OC(C)C(F)(F)F)C1([2H])[2H]. The van der Waals surface area contributed by atoms with Gasteiger partial charge in [-0.25, -0.2) is 4.79 Å². The van der Waals surface area contributed by atoms with Crippen LogP contribution in [0, 0.1) is 0 Å². The molecule has 0 N–H and O–H groups in total. The monoisotopic (exact) mass is 288 g/mol. The van der Waals surface area contributed by atoms with Crippen molar-refractivity contribution in [2.75, 3.05) is 26.0 Å². The second-order valence-electron chi connectivity index (χ2n) is 5.00. The van der Waals surface area contributed by atoms with Gasteiger partial charge in [0, 0.05) is 34.3 Å². The predicted molar refractivity (Wildman–Crippen MR) is 64.9 cm³/mol. The van der Waals surface area contributed by atoms with Crippen molar-refractivity contribution in [1.29, 1.82) is 0 Å². The maximum Gasteiger partial charge on any atom is 0.425 e. The lowest BCUT2D eigenvalue weighted by Crippen LogP contribution is -2.55. The number of piperazine rings is 1. The van der Waals surface area contributed by atoms with E-state index in [-0.39, 0.29) is 4.90 Å². The highest BCUT2D eigenvalue weighted by Crippen LogP contribution is 2.23. The smallest absolute Gasteiger partial charge is 0.425 e. The van der Waals surface area contributed by atoms with Crippen LogP contribution in [-0.2, 0) is 4.74 Å². The maximum atomic E-state index is 12.6. The summed E-state index contributed by atoms with van der Waals surface area (Å²) in [5.74, 6) is 0. The van der Waals surface area contributed by atoms with Crippen LogP contribution in [0.3, 0.4) is 0 Å². The normalized spacial score (nSPS) is 37.9. The summed E-state index contributed by atoms with van der Waals surface area (Å²) in [6.07, 6.45) is -9.42. The lowest BCUT2D eigenvalue weighted by atomic mass is 10.1. The second kappa shape index (κ2) is 5.56. The fourth-order valence-corrected chi connectivity index (χ4v) is 1.08. The van der Waals surface area contributed by atoms with Crippen LogP contribution in [-0.4, -0.2) is 59.7 Å². The van der Waals surface area contributed by atoms with Gasteiger partial charge in [0.05, 0.1) is 5.48 Å². The Bertz CT molecular complexity index is 504. The Morgan fingerprint density at radius 3 is 2.11 bits per heavy atom. The molecular formula is C12H21F3N2O2. The lowest BCUT2D eigenvalue weighted by Gasteiger charge is -2.42. The molecule has 1 amide bonds. The third kappa shape index (κ3) is 4.56. The highest BCUT2D eigenvalue weighted by molar-refractivity contribution is 5.68. The number of carbonyl (C=O) groups excluding carboxylic acids is 1. The minimum Gasteiger partial charge on any atom is -0.437 e. The van der Waals surface area contributed by atoms with Crippen LogP contribution in [0.15, 0.2) is 0 Å². The van der Waals surface area contributed by atoms with Crippen molar-refractivity contribution >= 4 is 6.09 Å². The van der Waals surface area contributed by atoms with E-state index in [9.17, 15) is 18.0 Å². The number of rotatable bonds is 1. The number of nitrogens with zero attached hydrogens (tertiary/aromatic N) is 2. The second-order valence-corrected chi connectivity index (χ2v) is 5.00. The fourth-order valence-electron chi connectivity index (χ4n) is 1.08. The topological polar surface area (TPSA) is 32.8 Å². The summed E-state index contributed by atoms with van der Waals surface area (Å²) in [7, 11) is 0. The molecule has 19 heavy (non-hydrogen) atoms. The summed E-state index contributed by atoms with van der Waals surface area (Å²) < 4.78 is 89.6. The molecule has 1 rings (SSSR count). The van der Waals surface area contributed by atoms with Gasteiger partial charge in [-0.15, -0.1) is 0 Å². The van der Waals surface area contributed by atoms with Crippen molar-refractivity contribution in [2.24, 2.45) is 0 Å². The first-order valence-electron chi connectivity index (χ1n) is 8.72. The van der Waals surface area contributed by atoms with Gasteiger partial charge in [-0.2, -0.15) is 13.2 Å². The van der Waals surface area contributed by atoms with Crippen LogP contribution in [0.5, 0.6) is 0 Å². The van der Waals surface area contributed by atoms with Crippen molar-refractivity contribution < 1.29 is 30.9 Å². The molecule has 0 aliphatic carbocycles. The van der Waals surface area contributed by atoms with Crippen LogP contribution < -0.4 is 0 Å². The predicted octanol–water partition coefficient (Wildman–Crippen LogP) is 2.49. The number of alkyl halides is 3. The van der Waals surface area contributed by atoms with E-state index in [4.69, 9.17) is 8.22 Å². The summed E-state index contributed by atoms with van der Waals surface area (Å²) in [6, 6.07) is 0. The minimum absolute atomic E-state index is 0.222. The number of carbonyl (C=O) groups is 1. The molecule has 3 unspecified atom stereocenters. The third-order valence-electron chi connectivity index (χ3n) is 2.35. The molecule has 1 heterocycles. The highest BCUT2D eigenvalue weighted by Gasteiger charge is 2.40. The molecule has 0 bridgehead atoms. The first-order valence-corrected chi connectivity index (χ1v) is 5.57. The zero-order chi connectivity index (χ0) is 20.2. The Morgan fingerprint density at radius 1 is 1.26 bits per heavy atom. The molecule has 1 aliphatic rings. The number of halogens is 3. The van der Waals surface area contributed by atoms with E-state index < -0.39 is 49.9 Å². The fraction of sp³-hybridized carbons (Fsp3) is 0.917. The number of ether oxygens (including phenoxy) is 1. The summed E-state index contributed by atoms with van der Waals surface area (Å²) in [5, 5.41) is 0. The van der Waals surface area contributed by atoms with Gasteiger partial charge in [0.25, 0.3) is 0 Å². The van der Waals surface area contributed by atoms with E-state index in [1.165, 1.54) is 20.8 Å². The van der Waals surface area contributed by atoms with Crippen molar-refractivity contribution in [1.82, 2.24) is 9.80 Å². The van der Waals surface area contributed by atoms with Gasteiger partial charge in [0.1, 0.15) is 0 Å². The van der Waals surface area contributed by atoms with Crippen molar-refractivity contribution in [3.05, 3.63) is 0 Å². The van der Waals surface area contributed by atoms with E-state index in [0.717, 1.165) is 4.90 Å². The quantitative estimate of drug-likeness (QED) is 0.743. The average Bonchev–Trinajstić information content (AvgIpc) is 2.33. The number of amides is 1. The van der Waals surface area contributed by atoms with Crippen molar-refractivity contribution in [2.45, 2.75) is 45.5 Å². The minimum atomic E-state index is -4.91. The molecule has 0 radical (unpaired) electrons. The Balaban J connectivity index is 3.30. The van der Waals surface area contributed by atoms with Crippen LogP contribution in [0.2, 0.25) is 0 Å². The molecule has 1 saturated heterocycles. The molecule has 4 nitrogen and oxygen atoms in total. The van der Waals surface area contributed by atoms with Gasteiger partial charge in [-0.05, 0) is 27.7 Å². The highest BCUT2D eigenvalue weighted by atomic mass is 19.4. The molecule has 1 fully saturated rings. The molecular weight excluding hydrogens is 261 g/mol. The summed E-state index contributed by atoms with van der Waals surface area (Å²) >= 11 is 0. The maximum absolute atomic E-state index is 12.6. The largest absolute Gasteiger partial charge is 0.437 e. The zero-order valence-corrected chi connectivity index (χ0v) is 11.1. The van der Waals surface area contributed by atoms with Gasteiger partial charge < -0.3 is 9.64 Å². The van der Waals surface area contributed by atoms with Gasteiger partial charge in [0.15, 0.2) is 6.10 Å². The van der Waals surface area contributed by atoms with Gasteiger partial charge >= 0.3 is 12.3 Å². The van der Waals surface area contributed by atoms with Crippen molar-refractivity contribution in [3.8, 4) is 0 Å². The first kappa shape index (κ1) is 9.05. The van der Waals surface area contributed by atoms with Gasteiger partial charge in [0.2, 0.25) is 0 Å². The Hall–Kier alpha value is -0.980. The molecule has 0 aromatic carbocycles.